The van der Waals surface area contributed by atoms with E-state index in [1.807, 2.05) is 35.2 Å². The maximum Gasteiger partial charge on any atom is 0.239 e. The maximum absolute atomic E-state index is 13.3. The van der Waals surface area contributed by atoms with Gasteiger partial charge in [-0.25, -0.2) is 8.42 Å². The minimum atomic E-state index is -3.91. The summed E-state index contributed by atoms with van der Waals surface area (Å²) < 4.78 is 25.0. The summed E-state index contributed by atoms with van der Waals surface area (Å²) in [7, 11) is -3.91. The molecule has 1 saturated heterocycles. The minimum Gasteiger partial charge on any atom is -0.368 e. The molecule has 146 valence electrons. The molecule has 1 fully saturated rings. The lowest BCUT2D eigenvalue weighted by Gasteiger charge is -2.38. The third-order valence-corrected chi connectivity index (χ3v) is 8.60. The Balaban J connectivity index is 1.84. The molecule has 2 N–H and O–H groups in total. The molecule has 0 atom stereocenters. The van der Waals surface area contributed by atoms with Crippen molar-refractivity contribution in [2.24, 2.45) is 5.73 Å². The van der Waals surface area contributed by atoms with E-state index < -0.39 is 20.5 Å². The molecule has 0 aliphatic carbocycles. The lowest BCUT2D eigenvalue weighted by atomic mass is 9.95. The number of primary amides is 1. The summed E-state index contributed by atoms with van der Waals surface area (Å²) in [6, 6.07) is 16.4. The van der Waals surface area contributed by atoms with Crippen LogP contribution < -0.4 is 5.73 Å². The average molecular weight is 415 g/mol. The van der Waals surface area contributed by atoms with Gasteiger partial charge in [-0.2, -0.15) is 0 Å². The predicted molar refractivity (Wildman–Crippen MR) is 111 cm³/mol. The van der Waals surface area contributed by atoms with Gasteiger partial charge in [-0.1, -0.05) is 35.9 Å². The number of rotatable bonds is 6. The van der Waals surface area contributed by atoms with Crippen LogP contribution in [0.4, 0.5) is 0 Å². The molecule has 0 radical (unpaired) electrons. The van der Waals surface area contributed by atoms with Crippen LogP contribution >= 0.6 is 11.8 Å². The molecule has 28 heavy (non-hydrogen) atoms. The van der Waals surface area contributed by atoms with E-state index in [2.05, 4.69) is 5.92 Å². The molecule has 0 aromatic heterocycles. The topological polar surface area (TPSA) is 80.5 Å². The zero-order valence-electron chi connectivity index (χ0n) is 15.4. The molecular weight excluding hydrogens is 392 g/mol. The Morgan fingerprint density at radius 1 is 1.07 bits per heavy atom. The number of hydrogen-bond donors (Lipinski definition) is 1. The van der Waals surface area contributed by atoms with E-state index in [-0.39, 0.29) is 17.7 Å². The van der Waals surface area contributed by atoms with Crippen LogP contribution in [-0.2, 0) is 14.6 Å². The van der Waals surface area contributed by atoms with Gasteiger partial charge in [0.1, 0.15) is 0 Å². The van der Waals surface area contributed by atoms with Crippen LogP contribution in [0.5, 0.6) is 0 Å². The first-order chi connectivity index (χ1) is 13.4. The smallest absolute Gasteiger partial charge is 0.239 e. The molecule has 0 unspecified atom stereocenters. The number of sulfone groups is 1. The highest BCUT2D eigenvalue weighted by Gasteiger charge is 2.51. The third-order valence-electron chi connectivity index (χ3n) is 5.06. The molecule has 0 bridgehead atoms. The van der Waals surface area contributed by atoms with Crippen molar-refractivity contribution >= 4 is 27.5 Å². The number of carbonyl (C=O) groups excluding carboxylic acids is 1. The Morgan fingerprint density at radius 3 is 2.18 bits per heavy atom. The fraction of sp³-hybridized carbons (Fsp3) is 0.286. The average Bonchev–Trinajstić information content (AvgIpc) is 2.70. The van der Waals surface area contributed by atoms with Crippen LogP contribution in [0.2, 0.25) is 0 Å². The Labute approximate surface area is 170 Å². The molecule has 5 nitrogen and oxygen atoms in total. The summed E-state index contributed by atoms with van der Waals surface area (Å²) in [5.74, 6) is 1.75. The summed E-state index contributed by atoms with van der Waals surface area (Å²) in [6.07, 6.45) is 5.62. The highest BCUT2D eigenvalue weighted by molar-refractivity contribution is 7.99. The van der Waals surface area contributed by atoms with Crippen molar-refractivity contribution in [2.45, 2.75) is 32.3 Å². The highest BCUT2D eigenvalue weighted by atomic mass is 32.2. The van der Waals surface area contributed by atoms with E-state index >= 15 is 0 Å². The van der Waals surface area contributed by atoms with Gasteiger partial charge in [0, 0.05) is 22.9 Å². The van der Waals surface area contributed by atoms with Gasteiger partial charge < -0.3 is 5.73 Å². The second-order valence-electron chi connectivity index (χ2n) is 6.73. The van der Waals surface area contributed by atoms with Crippen LogP contribution in [0.1, 0.15) is 12.8 Å². The van der Waals surface area contributed by atoms with E-state index in [1.54, 1.807) is 36.0 Å². The molecule has 2 aromatic rings. The van der Waals surface area contributed by atoms with Crippen molar-refractivity contribution in [1.82, 2.24) is 4.90 Å². The van der Waals surface area contributed by atoms with Gasteiger partial charge in [-0.15, -0.1) is 6.42 Å². The second kappa shape index (κ2) is 8.39. The largest absolute Gasteiger partial charge is 0.368 e. The number of terminal acetylenes is 1. The molecule has 1 amide bonds. The molecule has 0 spiro atoms. The Hall–Kier alpha value is -2.27. The second-order valence-corrected chi connectivity index (χ2v) is 10.1. The Morgan fingerprint density at radius 2 is 1.64 bits per heavy atom. The highest BCUT2D eigenvalue weighted by Crippen LogP contribution is 2.36. The first-order valence-electron chi connectivity index (χ1n) is 8.92. The van der Waals surface area contributed by atoms with Crippen LogP contribution in [0.15, 0.2) is 69.3 Å². The molecular formula is C21H22N2O3S2. The summed E-state index contributed by atoms with van der Waals surface area (Å²) >= 11 is 1.54. The standard InChI is InChI=1S/C21H22N2O3S2/c1-2-14-23-15-12-21(13-16-23,20(22)24)28(25,26)19-10-8-18(9-11-19)27-17-6-4-3-5-7-17/h1,3-11H,12-16H2,(H2,22,24). The molecule has 7 heteroatoms. The van der Waals surface area contributed by atoms with Crippen LogP contribution in [0.25, 0.3) is 0 Å². The van der Waals surface area contributed by atoms with Gasteiger partial charge in [-0.05, 0) is 49.2 Å². The SMILES string of the molecule is C#CCN1CCC(C(N)=O)(S(=O)(=O)c2ccc(Sc3ccccc3)cc2)CC1. The van der Waals surface area contributed by atoms with Gasteiger partial charge in [0.25, 0.3) is 0 Å². The number of hydrogen-bond acceptors (Lipinski definition) is 5. The number of nitrogens with two attached hydrogens (primary N) is 1. The van der Waals surface area contributed by atoms with Gasteiger partial charge in [0.05, 0.1) is 11.4 Å². The van der Waals surface area contributed by atoms with Gasteiger partial charge in [0.2, 0.25) is 5.91 Å². The van der Waals surface area contributed by atoms with Crippen molar-refractivity contribution < 1.29 is 13.2 Å². The van der Waals surface area contributed by atoms with Crippen molar-refractivity contribution in [2.75, 3.05) is 19.6 Å². The predicted octanol–water partition coefficient (Wildman–Crippen LogP) is 2.56. The van der Waals surface area contributed by atoms with Crippen LogP contribution in [0.3, 0.4) is 0 Å². The third kappa shape index (κ3) is 3.95. The molecule has 1 heterocycles. The van der Waals surface area contributed by atoms with Gasteiger partial charge in [0.15, 0.2) is 14.6 Å². The van der Waals surface area contributed by atoms with E-state index in [9.17, 15) is 13.2 Å². The fourth-order valence-corrected chi connectivity index (χ4v) is 6.15. The number of benzene rings is 2. The monoisotopic (exact) mass is 414 g/mol. The van der Waals surface area contributed by atoms with Crippen LogP contribution in [-0.4, -0.2) is 43.6 Å². The quantitative estimate of drug-likeness (QED) is 0.735. The summed E-state index contributed by atoms with van der Waals surface area (Å²) in [5.41, 5.74) is 5.60. The maximum atomic E-state index is 13.3. The molecule has 0 saturated carbocycles. The van der Waals surface area contributed by atoms with Crippen molar-refractivity contribution in [1.29, 1.82) is 0 Å². The van der Waals surface area contributed by atoms with E-state index in [4.69, 9.17) is 12.2 Å². The van der Waals surface area contributed by atoms with E-state index in [1.165, 1.54) is 0 Å². The molecule has 1 aliphatic heterocycles. The summed E-state index contributed by atoms with van der Waals surface area (Å²) in [6.45, 7) is 1.28. The fourth-order valence-electron chi connectivity index (χ4n) is 3.39. The van der Waals surface area contributed by atoms with Crippen molar-refractivity contribution in [3.05, 3.63) is 54.6 Å². The number of amides is 1. The molecule has 3 rings (SSSR count). The molecule has 2 aromatic carbocycles. The molecule has 1 aliphatic rings. The Bertz CT molecular complexity index is 973. The van der Waals surface area contributed by atoms with Crippen molar-refractivity contribution in [3.8, 4) is 12.3 Å². The Kier molecular flexibility index (Phi) is 6.14. The first-order valence-corrected chi connectivity index (χ1v) is 11.2. The first kappa shape index (κ1) is 20.5. The van der Waals surface area contributed by atoms with E-state index in [0.717, 1.165) is 9.79 Å². The number of carbonyl (C=O) groups is 1. The number of likely N-dealkylation sites (tertiary alicyclic amines) is 1. The zero-order valence-corrected chi connectivity index (χ0v) is 17.0. The summed E-state index contributed by atoms with van der Waals surface area (Å²) in [5, 5.41) is 0. The van der Waals surface area contributed by atoms with Crippen molar-refractivity contribution in [3.63, 3.8) is 0 Å². The van der Waals surface area contributed by atoms with E-state index in [0.29, 0.717) is 19.6 Å². The normalized spacial score (nSPS) is 17.0. The van der Waals surface area contributed by atoms with Gasteiger partial charge >= 0.3 is 0 Å². The summed E-state index contributed by atoms with van der Waals surface area (Å²) in [4.78, 5) is 16.3. The lowest BCUT2D eigenvalue weighted by Crippen LogP contribution is -2.56. The number of piperidine rings is 1. The van der Waals surface area contributed by atoms with Crippen LogP contribution in [0, 0.1) is 12.3 Å². The zero-order chi connectivity index (χ0) is 20.2. The lowest BCUT2D eigenvalue weighted by molar-refractivity contribution is -0.121. The number of nitrogens with zero attached hydrogens (tertiary/aromatic N) is 1. The minimum absolute atomic E-state index is 0.120. The van der Waals surface area contributed by atoms with Gasteiger partial charge in [-0.3, -0.25) is 9.69 Å².